The number of hydrogen-bond donors (Lipinski definition) is 1. The van der Waals surface area contributed by atoms with Crippen LogP contribution >= 0.6 is 27.3 Å². The van der Waals surface area contributed by atoms with Gasteiger partial charge in [0.1, 0.15) is 5.60 Å². The second kappa shape index (κ2) is 4.92. The molecule has 0 amide bonds. The van der Waals surface area contributed by atoms with Crippen LogP contribution in [0.15, 0.2) is 40.2 Å². The zero-order valence-electron chi connectivity index (χ0n) is 9.90. The summed E-state index contributed by atoms with van der Waals surface area (Å²) < 4.78 is 0.994. The highest BCUT2D eigenvalue weighted by Crippen LogP contribution is 2.36. The number of aliphatic hydroxyl groups is 1. The van der Waals surface area contributed by atoms with E-state index in [9.17, 15) is 5.11 Å². The minimum atomic E-state index is -0.880. The molecule has 0 spiro atoms. The summed E-state index contributed by atoms with van der Waals surface area (Å²) in [5.74, 6) is 0. The van der Waals surface area contributed by atoms with Crippen molar-refractivity contribution in [1.82, 2.24) is 0 Å². The molecule has 0 aliphatic rings. The summed E-state index contributed by atoms with van der Waals surface area (Å²) >= 11 is 5.13. The molecule has 1 nitrogen and oxygen atoms in total. The van der Waals surface area contributed by atoms with E-state index in [0.717, 1.165) is 15.6 Å². The zero-order valence-corrected chi connectivity index (χ0v) is 12.3. The lowest BCUT2D eigenvalue weighted by molar-refractivity contribution is 0.0769. The zero-order chi connectivity index (χ0) is 12.5. The Balaban J connectivity index is 2.51. The summed E-state index contributed by atoms with van der Waals surface area (Å²) in [5.41, 5.74) is 1.04. The molecule has 1 atom stereocenters. The van der Waals surface area contributed by atoms with Crippen LogP contribution in [0.3, 0.4) is 0 Å². The Morgan fingerprint density at radius 2 is 2.06 bits per heavy atom. The fourth-order valence-corrected chi connectivity index (χ4v) is 3.15. The minimum Gasteiger partial charge on any atom is -0.380 e. The van der Waals surface area contributed by atoms with Crippen molar-refractivity contribution in [2.24, 2.45) is 0 Å². The standard InChI is InChI=1S/C14H15BrOS/c1-3-14(16,12-7-10(2)17-9-12)11-5-4-6-13(15)8-11/h4-9,16H,3H2,1-2H3. The molecule has 3 heteroatoms. The van der Waals surface area contributed by atoms with Crippen LogP contribution in [0.2, 0.25) is 0 Å². The van der Waals surface area contributed by atoms with E-state index >= 15 is 0 Å². The van der Waals surface area contributed by atoms with E-state index in [1.807, 2.05) is 36.6 Å². The third-order valence-electron chi connectivity index (χ3n) is 3.02. The third-order valence-corrected chi connectivity index (χ3v) is 4.38. The number of benzene rings is 1. The van der Waals surface area contributed by atoms with Crippen molar-refractivity contribution in [2.75, 3.05) is 0 Å². The Bertz CT molecular complexity index is 520. The number of aryl methyl sites for hydroxylation is 1. The van der Waals surface area contributed by atoms with Gasteiger partial charge < -0.3 is 5.11 Å². The van der Waals surface area contributed by atoms with Crippen molar-refractivity contribution >= 4 is 27.3 Å². The largest absolute Gasteiger partial charge is 0.380 e. The lowest BCUT2D eigenvalue weighted by atomic mass is 9.86. The molecule has 1 N–H and O–H groups in total. The normalized spacial score (nSPS) is 14.6. The Morgan fingerprint density at radius 1 is 1.29 bits per heavy atom. The number of hydrogen-bond acceptors (Lipinski definition) is 2. The Morgan fingerprint density at radius 3 is 2.59 bits per heavy atom. The summed E-state index contributed by atoms with van der Waals surface area (Å²) in [6.45, 7) is 4.07. The smallest absolute Gasteiger partial charge is 0.115 e. The van der Waals surface area contributed by atoms with E-state index in [-0.39, 0.29) is 0 Å². The van der Waals surface area contributed by atoms with Crippen LogP contribution in [0.1, 0.15) is 29.3 Å². The van der Waals surface area contributed by atoms with Gasteiger partial charge in [0.15, 0.2) is 0 Å². The summed E-state index contributed by atoms with van der Waals surface area (Å²) in [6.07, 6.45) is 0.666. The monoisotopic (exact) mass is 310 g/mol. The Hall–Kier alpha value is -0.640. The highest BCUT2D eigenvalue weighted by Gasteiger charge is 2.30. The van der Waals surface area contributed by atoms with Crippen LogP contribution in [-0.4, -0.2) is 5.11 Å². The maximum absolute atomic E-state index is 10.9. The van der Waals surface area contributed by atoms with Gasteiger partial charge in [-0.1, -0.05) is 35.0 Å². The molecule has 90 valence electrons. The first-order valence-electron chi connectivity index (χ1n) is 5.60. The average molecular weight is 311 g/mol. The van der Waals surface area contributed by atoms with Gasteiger partial charge in [-0.15, -0.1) is 11.3 Å². The molecule has 0 aliphatic carbocycles. The van der Waals surface area contributed by atoms with Gasteiger partial charge in [0.2, 0.25) is 0 Å². The molecule has 0 saturated carbocycles. The van der Waals surface area contributed by atoms with Crippen LogP contribution in [-0.2, 0) is 5.60 Å². The molecule has 0 saturated heterocycles. The highest BCUT2D eigenvalue weighted by atomic mass is 79.9. The summed E-state index contributed by atoms with van der Waals surface area (Å²) in [6, 6.07) is 9.95. The first kappa shape index (κ1) is 12.8. The quantitative estimate of drug-likeness (QED) is 0.887. The van der Waals surface area contributed by atoms with Crippen molar-refractivity contribution < 1.29 is 5.11 Å². The molecule has 17 heavy (non-hydrogen) atoms. The van der Waals surface area contributed by atoms with Crippen LogP contribution in [0.25, 0.3) is 0 Å². The van der Waals surface area contributed by atoms with Crippen LogP contribution in [0.5, 0.6) is 0 Å². The highest BCUT2D eigenvalue weighted by molar-refractivity contribution is 9.10. The molecular formula is C14H15BrOS. The molecule has 2 aromatic rings. The fraction of sp³-hybridized carbons (Fsp3) is 0.286. The van der Waals surface area contributed by atoms with E-state index in [0.29, 0.717) is 6.42 Å². The van der Waals surface area contributed by atoms with Crippen molar-refractivity contribution in [3.63, 3.8) is 0 Å². The van der Waals surface area contributed by atoms with Gasteiger partial charge in [0, 0.05) is 9.35 Å². The fourth-order valence-electron chi connectivity index (χ4n) is 1.98. The van der Waals surface area contributed by atoms with Gasteiger partial charge in [-0.3, -0.25) is 0 Å². The first-order valence-corrected chi connectivity index (χ1v) is 7.27. The molecule has 0 bridgehead atoms. The van der Waals surface area contributed by atoms with Crippen molar-refractivity contribution in [1.29, 1.82) is 0 Å². The van der Waals surface area contributed by atoms with Gasteiger partial charge in [0.25, 0.3) is 0 Å². The molecule has 1 aromatic heterocycles. The van der Waals surface area contributed by atoms with Crippen molar-refractivity contribution in [3.05, 3.63) is 56.2 Å². The van der Waals surface area contributed by atoms with Gasteiger partial charge >= 0.3 is 0 Å². The van der Waals surface area contributed by atoms with Crippen molar-refractivity contribution in [2.45, 2.75) is 25.9 Å². The van der Waals surface area contributed by atoms with Gasteiger partial charge in [-0.2, -0.15) is 0 Å². The third kappa shape index (κ3) is 2.46. The summed E-state index contributed by atoms with van der Waals surface area (Å²) in [4.78, 5) is 1.22. The summed E-state index contributed by atoms with van der Waals surface area (Å²) in [5, 5.41) is 12.9. The van der Waals surface area contributed by atoms with Gasteiger partial charge in [-0.25, -0.2) is 0 Å². The van der Waals surface area contributed by atoms with E-state index in [2.05, 4.69) is 28.9 Å². The maximum Gasteiger partial charge on any atom is 0.115 e. The van der Waals surface area contributed by atoms with E-state index < -0.39 is 5.60 Å². The van der Waals surface area contributed by atoms with Crippen LogP contribution in [0, 0.1) is 6.92 Å². The Labute approximate surface area is 114 Å². The second-order valence-corrected chi connectivity index (χ2v) is 6.20. The Kier molecular flexibility index (Phi) is 3.71. The lowest BCUT2D eigenvalue weighted by Gasteiger charge is -2.27. The minimum absolute atomic E-state index is 0.666. The molecule has 1 unspecified atom stereocenters. The van der Waals surface area contributed by atoms with Crippen molar-refractivity contribution in [3.8, 4) is 0 Å². The van der Waals surface area contributed by atoms with Gasteiger partial charge in [0.05, 0.1) is 0 Å². The number of rotatable bonds is 3. The first-order chi connectivity index (χ1) is 8.06. The number of thiophene rings is 1. The average Bonchev–Trinajstić information content (AvgIpc) is 2.75. The molecule has 1 aromatic carbocycles. The van der Waals surface area contributed by atoms with Crippen LogP contribution < -0.4 is 0 Å². The molecule has 2 rings (SSSR count). The summed E-state index contributed by atoms with van der Waals surface area (Å²) in [7, 11) is 0. The van der Waals surface area contributed by atoms with E-state index in [1.54, 1.807) is 11.3 Å². The predicted molar refractivity (Wildman–Crippen MR) is 76.5 cm³/mol. The molecular weight excluding hydrogens is 296 g/mol. The number of halogens is 1. The SMILES string of the molecule is CCC(O)(c1cccc(Br)c1)c1csc(C)c1. The molecule has 1 heterocycles. The second-order valence-electron chi connectivity index (χ2n) is 4.17. The van der Waals surface area contributed by atoms with Gasteiger partial charge in [-0.05, 0) is 48.1 Å². The molecule has 0 aliphatic heterocycles. The predicted octanol–water partition coefficient (Wildman–Crippen LogP) is 4.46. The lowest BCUT2D eigenvalue weighted by Crippen LogP contribution is -2.25. The maximum atomic E-state index is 10.9. The topological polar surface area (TPSA) is 20.2 Å². The van der Waals surface area contributed by atoms with E-state index in [1.165, 1.54) is 4.88 Å². The molecule has 0 radical (unpaired) electrons. The molecule has 0 fully saturated rings. The van der Waals surface area contributed by atoms with Crippen LogP contribution in [0.4, 0.5) is 0 Å². The van der Waals surface area contributed by atoms with E-state index in [4.69, 9.17) is 0 Å².